The van der Waals surface area contributed by atoms with Gasteiger partial charge in [-0.05, 0) is 63.8 Å². The van der Waals surface area contributed by atoms with Gasteiger partial charge in [-0.15, -0.1) is 0 Å². The van der Waals surface area contributed by atoms with Gasteiger partial charge in [-0.25, -0.2) is 0 Å². The number of nitriles is 2. The molecule has 0 saturated heterocycles. The summed E-state index contributed by atoms with van der Waals surface area (Å²) in [6.45, 7) is 29.1. The molecule has 0 radical (unpaired) electrons. The summed E-state index contributed by atoms with van der Waals surface area (Å²) in [6, 6.07) is 44.1. The number of nitrogens with zero attached hydrogens (tertiary/aromatic N) is 6. The zero-order valence-corrected chi connectivity index (χ0v) is 41.2. The molecule has 0 aliphatic carbocycles. The zero-order valence-electron chi connectivity index (χ0n) is 41.2. The molecule has 0 N–H and O–H groups in total. The minimum Gasteiger partial charge on any atom is -0.294 e. The Bertz CT molecular complexity index is 2130. The molecule has 64 heavy (non-hydrogen) atoms. The van der Waals surface area contributed by atoms with Crippen LogP contribution in [0, 0.1) is 50.4 Å². The van der Waals surface area contributed by atoms with Crippen LogP contribution in [-0.4, -0.2) is 31.1 Å². The summed E-state index contributed by atoms with van der Waals surface area (Å²) in [5.41, 5.74) is 8.55. The van der Waals surface area contributed by atoms with E-state index in [0.29, 0.717) is 11.1 Å². The zero-order chi connectivity index (χ0) is 48.2. The summed E-state index contributed by atoms with van der Waals surface area (Å²) in [7, 11) is 0. The van der Waals surface area contributed by atoms with E-state index in [2.05, 4.69) is 22.3 Å². The summed E-state index contributed by atoms with van der Waals surface area (Å²) in [5, 5.41) is 28.9. The first-order chi connectivity index (χ1) is 31.1. The van der Waals surface area contributed by atoms with Gasteiger partial charge in [-0.3, -0.25) is 19.0 Å². The van der Waals surface area contributed by atoms with Gasteiger partial charge in [0.15, 0.2) is 11.6 Å². The third-order valence-corrected chi connectivity index (χ3v) is 10.6. The Morgan fingerprint density at radius 3 is 0.938 bits per heavy atom. The van der Waals surface area contributed by atoms with Gasteiger partial charge in [0.2, 0.25) is 0 Å². The largest absolute Gasteiger partial charge is 0.294 e. The fourth-order valence-electron chi connectivity index (χ4n) is 7.79. The lowest BCUT2D eigenvalue weighted by atomic mass is 9.78. The van der Waals surface area contributed by atoms with Crippen molar-refractivity contribution in [3.63, 3.8) is 0 Å². The number of benzene rings is 4. The van der Waals surface area contributed by atoms with Crippen molar-refractivity contribution in [1.29, 1.82) is 10.5 Å². The average Bonchev–Trinajstić information content (AvgIpc) is 3.83. The first kappa shape index (κ1) is 55.6. The van der Waals surface area contributed by atoms with Gasteiger partial charge in [0, 0.05) is 49.2 Å². The molecular weight excluding hydrogens is 789 g/mol. The fraction of sp³-hybridized carbons (Fsp3) is 0.393. The van der Waals surface area contributed by atoms with Crippen LogP contribution in [0.25, 0.3) is 0 Å². The van der Waals surface area contributed by atoms with E-state index >= 15 is 0 Å². The number of carbonyl (C=O) groups is 2. The highest BCUT2D eigenvalue weighted by Crippen LogP contribution is 2.38. The topological polar surface area (TPSA) is 117 Å². The third-order valence-electron chi connectivity index (χ3n) is 10.6. The Balaban J connectivity index is 0.000000554. The molecule has 0 saturated carbocycles. The van der Waals surface area contributed by atoms with Crippen molar-refractivity contribution in [2.45, 2.75) is 147 Å². The van der Waals surface area contributed by atoms with Crippen LogP contribution in [0.1, 0.15) is 171 Å². The highest BCUT2D eigenvalue weighted by Gasteiger charge is 2.31. The fourth-order valence-corrected chi connectivity index (χ4v) is 7.79. The van der Waals surface area contributed by atoms with E-state index in [9.17, 15) is 20.1 Å². The summed E-state index contributed by atoms with van der Waals surface area (Å²) < 4.78 is 3.72. The number of ketones is 2. The second-order valence-corrected chi connectivity index (χ2v) is 14.0. The SMILES string of the molecule is CC.CC.CC.CC.CCn1nc(C)c(C(=O)C[C@@H](c2ccccc2)[C@@H](C#N)c2ccccc2)c1C.CCn1nc(C)c(C(=O)C[C@H](c2ccccc2)[C@H](C#N)c2ccccc2)c1C. The summed E-state index contributed by atoms with van der Waals surface area (Å²) in [4.78, 5) is 26.6. The molecule has 0 unspecified atom stereocenters. The van der Waals surface area contributed by atoms with Crippen molar-refractivity contribution in [2.24, 2.45) is 0 Å². The van der Waals surface area contributed by atoms with E-state index in [0.717, 1.165) is 58.1 Å². The van der Waals surface area contributed by atoms with E-state index < -0.39 is 11.8 Å². The molecule has 4 aromatic carbocycles. The van der Waals surface area contributed by atoms with Crippen LogP contribution in [0.15, 0.2) is 121 Å². The smallest absolute Gasteiger partial charge is 0.167 e. The molecule has 8 heteroatoms. The molecule has 4 atom stereocenters. The Labute approximate surface area is 386 Å². The first-order valence-electron chi connectivity index (χ1n) is 23.3. The van der Waals surface area contributed by atoms with E-state index in [1.165, 1.54) is 0 Å². The number of hydrogen-bond acceptors (Lipinski definition) is 6. The lowest BCUT2D eigenvalue weighted by molar-refractivity contribution is 0.0962. The van der Waals surface area contributed by atoms with Crippen molar-refractivity contribution >= 4 is 11.6 Å². The van der Waals surface area contributed by atoms with Gasteiger partial charge >= 0.3 is 0 Å². The predicted octanol–water partition coefficient (Wildman–Crippen LogP) is 14.5. The Morgan fingerprint density at radius 1 is 0.469 bits per heavy atom. The van der Waals surface area contributed by atoms with Crippen LogP contribution in [0.2, 0.25) is 0 Å². The standard InChI is InChI=1S/2C24H25N3O.4C2H6/c2*1-4-27-18(3)24(17(2)26-27)23(28)15-21(19-11-7-5-8-12-19)22(16-25)20-13-9-6-10-14-20;4*1-2/h2*5-14,21-22H,4,15H2,1-3H3;4*1-2H3/t2*21-,22-;;;;/m10..../s1. The third kappa shape index (κ3) is 14.9. The quantitative estimate of drug-likeness (QED) is 0.101. The molecule has 2 heterocycles. The molecule has 0 aliphatic rings. The highest BCUT2D eigenvalue weighted by atomic mass is 16.1. The maximum absolute atomic E-state index is 13.3. The molecule has 0 fully saturated rings. The molecule has 6 aromatic rings. The van der Waals surface area contributed by atoms with Gasteiger partial charge in [-0.1, -0.05) is 177 Å². The summed E-state index contributed by atoms with van der Waals surface area (Å²) in [5.74, 6) is -1.14. The lowest BCUT2D eigenvalue weighted by Crippen LogP contribution is -2.16. The number of rotatable bonds is 14. The predicted molar refractivity (Wildman–Crippen MR) is 266 cm³/mol. The van der Waals surface area contributed by atoms with Gasteiger partial charge in [-0.2, -0.15) is 20.7 Å². The molecule has 0 bridgehead atoms. The minimum atomic E-state index is -0.394. The van der Waals surface area contributed by atoms with Crippen LogP contribution in [0.5, 0.6) is 0 Å². The number of Topliss-reactive ketones (excluding diaryl/α,β-unsaturated/α-hetero) is 2. The van der Waals surface area contributed by atoms with E-state index in [4.69, 9.17) is 0 Å². The molecular formula is C56H74N6O2. The highest BCUT2D eigenvalue weighted by molar-refractivity contribution is 5.99. The van der Waals surface area contributed by atoms with Crippen LogP contribution in [0.4, 0.5) is 0 Å². The molecule has 340 valence electrons. The molecule has 0 amide bonds. The second-order valence-electron chi connectivity index (χ2n) is 14.0. The van der Waals surface area contributed by atoms with Crippen molar-refractivity contribution in [2.75, 3.05) is 0 Å². The first-order valence-corrected chi connectivity index (χ1v) is 23.3. The molecule has 6 rings (SSSR count). The van der Waals surface area contributed by atoms with E-state index in [1.54, 1.807) is 0 Å². The minimum absolute atomic E-state index is 0.0414. The second kappa shape index (κ2) is 30.6. The Morgan fingerprint density at radius 2 is 0.719 bits per heavy atom. The molecule has 8 nitrogen and oxygen atoms in total. The van der Waals surface area contributed by atoms with Crippen molar-refractivity contribution in [3.05, 3.63) is 177 Å². The van der Waals surface area contributed by atoms with Gasteiger partial charge in [0.05, 0.1) is 46.5 Å². The van der Waals surface area contributed by atoms with Crippen molar-refractivity contribution in [3.8, 4) is 12.1 Å². The van der Waals surface area contributed by atoms with Crippen LogP contribution in [-0.2, 0) is 13.1 Å². The van der Waals surface area contributed by atoms with Crippen LogP contribution < -0.4 is 0 Å². The Hall–Kier alpha value is -6.38. The monoisotopic (exact) mass is 863 g/mol. The summed E-state index contributed by atoms with van der Waals surface area (Å²) in [6.07, 6.45) is 0.544. The maximum Gasteiger partial charge on any atom is 0.167 e. The summed E-state index contributed by atoms with van der Waals surface area (Å²) >= 11 is 0. The average molecular weight is 863 g/mol. The van der Waals surface area contributed by atoms with E-state index in [1.807, 2.05) is 228 Å². The normalized spacial score (nSPS) is 11.7. The Kier molecular flexibility index (Phi) is 26.6. The van der Waals surface area contributed by atoms with Gasteiger partial charge in [0.25, 0.3) is 0 Å². The van der Waals surface area contributed by atoms with Crippen molar-refractivity contribution in [1.82, 2.24) is 19.6 Å². The van der Waals surface area contributed by atoms with Crippen LogP contribution >= 0.6 is 0 Å². The number of aryl methyl sites for hydroxylation is 4. The molecule has 0 aliphatic heterocycles. The lowest BCUT2D eigenvalue weighted by Gasteiger charge is -2.22. The number of aromatic nitrogens is 4. The van der Waals surface area contributed by atoms with Gasteiger partial charge in [0.1, 0.15) is 0 Å². The number of hydrogen-bond donors (Lipinski definition) is 0. The van der Waals surface area contributed by atoms with Crippen molar-refractivity contribution < 1.29 is 9.59 Å². The van der Waals surface area contributed by atoms with E-state index in [-0.39, 0.29) is 36.2 Å². The maximum atomic E-state index is 13.3. The van der Waals surface area contributed by atoms with Gasteiger partial charge < -0.3 is 0 Å². The van der Waals surface area contributed by atoms with Crippen LogP contribution in [0.3, 0.4) is 0 Å². The molecule has 2 aromatic heterocycles. The molecule has 0 spiro atoms. The number of carbonyl (C=O) groups excluding carboxylic acids is 2.